The molecule has 11 rings (SSSR count). The molecule has 0 bridgehead atoms. The van der Waals surface area contributed by atoms with Crippen LogP contribution in [0.1, 0.15) is 0 Å². The average molecular weight is 695 g/mol. The third-order valence-electron chi connectivity index (χ3n) is 10.4. The topological polar surface area (TPSA) is 34.0 Å². The second-order valence-electron chi connectivity index (χ2n) is 13.4. The van der Waals surface area contributed by atoms with E-state index >= 15 is 0 Å². The number of nitrogens with zero attached hydrogens (tertiary/aromatic N) is 4. The molecule has 11 aromatic rings. The van der Waals surface area contributed by atoms with Gasteiger partial charge in [-0.05, 0) is 70.1 Å². The van der Waals surface area contributed by atoms with Gasteiger partial charge in [-0.3, -0.25) is 4.57 Å². The van der Waals surface area contributed by atoms with Gasteiger partial charge in [0.1, 0.15) is 0 Å². The molecule has 53 heavy (non-hydrogen) atoms. The van der Waals surface area contributed by atoms with Crippen LogP contribution >= 0.6 is 11.3 Å². The number of para-hydroxylation sites is 2. The van der Waals surface area contributed by atoms with Crippen molar-refractivity contribution in [2.75, 3.05) is 4.90 Å². The van der Waals surface area contributed by atoms with E-state index in [1.165, 1.54) is 31.6 Å². The Labute approximate surface area is 309 Å². The number of aromatic nitrogens is 3. The Morgan fingerprint density at radius 1 is 0.434 bits per heavy atom. The highest BCUT2D eigenvalue weighted by molar-refractivity contribution is 7.27. The zero-order valence-corrected chi connectivity index (χ0v) is 29.3. The lowest BCUT2D eigenvalue weighted by Crippen LogP contribution is -2.09. The van der Waals surface area contributed by atoms with Gasteiger partial charge in [-0.25, -0.2) is 9.97 Å². The minimum atomic E-state index is 0.662. The van der Waals surface area contributed by atoms with Gasteiger partial charge >= 0.3 is 0 Å². The van der Waals surface area contributed by atoms with Crippen LogP contribution in [0.5, 0.6) is 0 Å². The number of fused-ring (bicyclic) bond motifs is 10. The summed E-state index contributed by atoms with van der Waals surface area (Å²) in [6, 6.07) is 64.7. The van der Waals surface area contributed by atoms with Crippen LogP contribution in [0.15, 0.2) is 182 Å². The molecular weight excluding hydrogens is 665 g/mol. The number of hydrogen-bond acceptors (Lipinski definition) is 4. The number of anilines is 3. The minimum absolute atomic E-state index is 0.662. The minimum Gasteiger partial charge on any atom is -0.310 e. The fourth-order valence-electron chi connectivity index (χ4n) is 7.99. The molecule has 0 amide bonds. The molecule has 0 saturated heterocycles. The number of benzene rings is 8. The average Bonchev–Trinajstić information content (AvgIpc) is 3.78. The molecule has 0 radical (unpaired) electrons. The molecule has 8 aromatic carbocycles. The zero-order valence-electron chi connectivity index (χ0n) is 28.5. The summed E-state index contributed by atoms with van der Waals surface area (Å²) in [5.74, 6) is 0.662. The van der Waals surface area contributed by atoms with Crippen molar-refractivity contribution in [3.05, 3.63) is 182 Å². The second kappa shape index (κ2) is 11.9. The van der Waals surface area contributed by atoms with Gasteiger partial charge in [0.15, 0.2) is 0 Å². The van der Waals surface area contributed by atoms with Crippen molar-refractivity contribution in [1.82, 2.24) is 14.5 Å². The standard InChI is InChI=1S/C48H30N4S/c1-4-16-33(17-5-1)44-47-45(39-27-24-32-15-11-13-23-38(32)46(39)53-47)50-48(49-44)52-41-29-26-36(51(34-18-6-2-7-19-34)35-20-8-3-9-21-35)30-40(41)43-37-22-12-10-14-31(37)25-28-42(43)52/h1-30H. The first-order valence-corrected chi connectivity index (χ1v) is 18.7. The van der Waals surface area contributed by atoms with Crippen LogP contribution in [0, 0.1) is 0 Å². The highest BCUT2D eigenvalue weighted by atomic mass is 32.1. The summed E-state index contributed by atoms with van der Waals surface area (Å²) in [5, 5.41) is 8.36. The van der Waals surface area contributed by atoms with Crippen LogP contribution < -0.4 is 4.90 Å². The van der Waals surface area contributed by atoms with Crippen molar-refractivity contribution < 1.29 is 0 Å². The van der Waals surface area contributed by atoms with Crippen LogP contribution in [0.4, 0.5) is 17.1 Å². The predicted molar refractivity (Wildman–Crippen MR) is 224 cm³/mol. The summed E-state index contributed by atoms with van der Waals surface area (Å²) in [5.41, 5.74) is 8.42. The molecule has 248 valence electrons. The van der Waals surface area contributed by atoms with E-state index in [4.69, 9.17) is 9.97 Å². The quantitative estimate of drug-likeness (QED) is 0.180. The van der Waals surface area contributed by atoms with E-state index in [0.717, 1.165) is 60.3 Å². The summed E-state index contributed by atoms with van der Waals surface area (Å²) in [4.78, 5) is 13.3. The fraction of sp³-hybridized carbons (Fsp3) is 0. The van der Waals surface area contributed by atoms with Crippen LogP contribution in [0.2, 0.25) is 0 Å². The molecule has 0 aliphatic carbocycles. The Morgan fingerprint density at radius 3 is 1.77 bits per heavy atom. The first kappa shape index (κ1) is 29.9. The number of thiophene rings is 1. The maximum atomic E-state index is 5.48. The molecular formula is C48H30N4S. The summed E-state index contributed by atoms with van der Waals surface area (Å²) in [6.45, 7) is 0. The van der Waals surface area contributed by atoms with Gasteiger partial charge in [0, 0.05) is 43.5 Å². The zero-order chi connectivity index (χ0) is 34.9. The maximum absolute atomic E-state index is 5.48. The summed E-state index contributed by atoms with van der Waals surface area (Å²) < 4.78 is 4.61. The molecule has 0 aliphatic heterocycles. The van der Waals surface area contributed by atoms with Gasteiger partial charge in [-0.1, -0.05) is 133 Å². The Kier molecular flexibility index (Phi) is 6.69. The van der Waals surface area contributed by atoms with Gasteiger partial charge in [0.2, 0.25) is 5.95 Å². The first-order chi connectivity index (χ1) is 26.3. The highest BCUT2D eigenvalue weighted by Gasteiger charge is 2.23. The molecule has 0 spiro atoms. The lowest BCUT2D eigenvalue weighted by Gasteiger charge is -2.25. The summed E-state index contributed by atoms with van der Waals surface area (Å²) in [7, 11) is 0. The van der Waals surface area contributed by atoms with Crippen molar-refractivity contribution >= 4 is 92.1 Å². The molecule has 4 nitrogen and oxygen atoms in total. The largest absolute Gasteiger partial charge is 0.310 e. The molecule has 0 atom stereocenters. The molecule has 0 aliphatic rings. The molecule has 5 heteroatoms. The predicted octanol–water partition coefficient (Wildman–Crippen LogP) is 13.4. The van der Waals surface area contributed by atoms with E-state index in [-0.39, 0.29) is 0 Å². The number of hydrogen-bond donors (Lipinski definition) is 0. The van der Waals surface area contributed by atoms with Gasteiger partial charge in [0.25, 0.3) is 0 Å². The van der Waals surface area contributed by atoms with E-state index in [1.807, 2.05) is 0 Å². The van der Waals surface area contributed by atoms with Crippen molar-refractivity contribution in [2.24, 2.45) is 0 Å². The van der Waals surface area contributed by atoms with Gasteiger partial charge in [0.05, 0.1) is 26.9 Å². The molecule has 0 saturated carbocycles. The lowest BCUT2D eigenvalue weighted by atomic mass is 10.0. The number of rotatable bonds is 5. The van der Waals surface area contributed by atoms with Crippen LogP contribution in [-0.2, 0) is 0 Å². The highest BCUT2D eigenvalue weighted by Crippen LogP contribution is 2.44. The Morgan fingerprint density at radius 2 is 1.04 bits per heavy atom. The van der Waals surface area contributed by atoms with Crippen molar-refractivity contribution in [3.8, 4) is 17.2 Å². The van der Waals surface area contributed by atoms with Gasteiger partial charge in [-0.15, -0.1) is 11.3 Å². The van der Waals surface area contributed by atoms with Crippen LogP contribution in [0.25, 0.3) is 80.9 Å². The molecule has 3 heterocycles. The van der Waals surface area contributed by atoms with Crippen molar-refractivity contribution in [1.29, 1.82) is 0 Å². The Bertz CT molecular complexity index is 3130. The maximum Gasteiger partial charge on any atom is 0.235 e. The first-order valence-electron chi connectivity index (χ1n) is 17.8. The van der Waals surface area contributed by atoms with Gasteiger partial charge in [-0.2, -0.15) is 0 Å². The third kappa shape index (κ3) is 4.68. The lowest BCUT2D eigenvalue weighted by molar-refractivity contribution is 1.02. The molecule has 0 unspecified atom stereocenters. The van der Waals surface area contributed by atoms with E-state index < -0.39 is 0 Å². The molecule has 0 N–H and O–H groups in total. The van der Waals surface area contributed by atoms with E-state index in [1.54, 1.807) is 11.3 Å². The van der Waals surface area contributed by atoms with Crippen LogP contribution in [0.3, 0.4) is 0 Å². The Hall–Kier alpha value is -6.82. The van der Waals surface area contributed by atoms with Crippen LogP contribution in [-0.4, -0.2) is 14.5 Å². The van der Waals surface area contributed by atoms with Gasteiger partial charge < -0.3 is 4.90 Å². The summed E-state index contributed by atoms with van der Waals surface area (Å²) >= 11 is 1.79. The smallest absolute Gasteiger partial charge is 0.235 e. The van der Waals surface area contributed by atoms with Crippen molar-refractivity contribution in [2.45, 2.75) is 0 Å². The molecule has 3 aromatic heterocycles. The Balaban J connectivity index is 1.24. The SMILES string of the molecule is c1ccc(-c2nc(-n3c4ccc(N(c5ccccc5)c5ccccc5)cc4c4c5ccccc5ccc43)nc3c2sc2c4ccccc4ccc32)cc1. The normalized spacial score (nSPS) is 11.8. The summed E-state index contributed by atoms with van der Waals surface area (Å²) in [6.07, 6.45) is 0. The monoisotopic (exact) mass is 694 g/mol. The van der Waals surface area contributed by atoms with E-state index in [0.29, 0.717) is 5.95 Å². The van der Waals surface area contributed by atoms with Crippen molar-refractivity contribution in [3.63, 3.8) is 0 Å². The van der Waals surface area contributed by atoms with E-state index in [9.17, 15) is 0 Å². The van der Waals surface area contributed by atoms with E-state index in [2.05, 4.69) is 191 Å². The third-order valence-corrected chi connectivity index (χ3v) is 11.6. The fourth-order valence-corrected chi connectivity index (χ4v) is 9.27. The second-order valence-corrected chi connectivity index (χ2v) is 14.4. The molecule has 0 fully saturated rings.